The van der Waals surface area contributed by atoms with Crippen molar-refractivity contribution in [2.75, 3.05) is 0 Å². The maximum absolute atomic E-state index is 9.81. The summed E-state index contributed by atoms with van der Waals surface area (Å²) in [6.45, 7) is 2.68. The molecule has 0 saturated carbocycles. The minimum atomic E-state index is 0.214. The Kier molecular flexibility index (Phi) is 5.30. The summed E-state index contributed by atoms with van der Waals surface area (Å²) >= 11 is 11.8. The molecule has 2 aromatic carbocycles. The van der Waals surface area contributed by atoms with Gasteiger partial charge in [-0.15, -0.1) is 0 Å². The van der Waals surface area contributed by atoms with Crippen LogP contribution < -0.4 is 5.32 Å². The molecule has 0 aliphatic carbocycles. The number of benzene rings is 2. The van der Waals surface area contributed by atoms with Crippen molar-refractivity contribution in [3.63, 3.8) is 0 Å². The number of rotatable bonds is 5. The van der Waals surface area contributed by atoms with Crippen molar-refractivity contribution in [2.45, 2.75) is 25.9 Å². The van der Waals surface area contributed by atoms with Crippen molar-refractivity contribution >= 4 is 23.2 Å². The molecule has 0 saturated heterocycles. The van der Waals surface area contributed by atoms with E-state index in [1.165, 1.54) is 5.56 Å². The molecule has 0 aliphatic rings. The van der Waals surface area contributed by atoms with Crippen molar-refractivity contribution < 1.29 is 5.11 Å². The molecule has 0 radical (unpaired) electrons. The average Bonchev–Trinajstić information content (AvgIpc) is 2.45. The van der Waals surface area contributed by atoms with Gasteiger partial charge in [0.1, 0.15) is 5.75 Å². The number of hydrogen-bond acceptors (Lipinski definition) is 2. The normalized spacial score (nSPS) is 12.3. The third-order valence-electron chi connectivity index (χ3n) is 3.26. The summed E-state index contributed by atoms with van der Waals surface area (Å²) in [5.41, 5.74) is 1.98. The maximum atomic E-state index is 9.81. The lowest BCUT2D eigenvalue weighted by atomic mass is 10.0. The molecule has 4 heteroatoms. The summed E-state index contributed by atoms with van der Waals surface area (Å²) in [7, 11) is 0. The summed E-state index contributed by atoms with van der Waals surface area (Å²) < 4.78 is 0. The van der Waals surface area contributed by atoms with Crippen LogP contribution in [0, 0.1) is 0 Å². The van der Waals surface area contributed by atoms with Crippen LogP contribution in [-0.4, -0.2) is 5.11 Å². The van der Waals surface area contributed by atoms with Gasteiger partial charge in [-0.3, -0.25) is 0 Å². The van der Waals surface area contributed by atoms with Gasteiger partial charge < -0.3 is 10.4 Å². The van der Waals surface area contributed by atoms with Crippen LogP contribution >= 0.6 is 23.2 Å². The molecule has 1 unspecified atom stereocenters. The molecular weight excluding hydrogens is 293 g/mol. The van der Waals surface area contributed by atoms with Crippen LogP contribution in [0.3, 0.4) is 0 Å². The van der Waals surface area contributed by atoms with E-state index in [2.05, 4.69) is 12.2 Å². The lowest BCUT2D eigenvalue weighted by molar-refractivity contribution is 0.455. The SMILES string of the molecule is CCC(NCc1cc(Cl)ccc1O)c1ccc(Cl)cc1. The zero-order valence-corrected chi connectivity index (χ0v) is 12.7. The molecular formula is C16H17Cl2NO. The lowest BCUT2D eigenvalue weighted by Crippen LogP contribution is -2.20. The number of hydrogen-bond donors (Lipinski definition) is 2. The zero-order valence-electron chi connectivity index (χ0n) is 11.2. The van der Waals surface area contributed by atoms with E-state index in [1.807, 2.05) is 24.3 Å². The van der Waals surface area contributed by atoms with Gasteiger partial charge in [0.05, 0.1) is 0 Å². The second kappa shape index (κ2) is 6.98. The highest BCUT2D eigenvalue weighted by Gasteiger charge is 2.10. The van der Waals surface area contributed by atoms with Gasteiger partial charge in [0, 0.05) is 28.2 Å². The Labute approximate surface area is 129 Å². The fourth-order valence-electron chi connectivity index (χ4n) is 2.12. The number of phenols is 1. The highest BCUT2D eigenvalue weighted by atomic mass is 35.5. The van der Waals surface area contributed by atoms with Crippen molar-refractivity contribution in [3.05, 3.63) is 63.6 Å². The molecule has 0 fully saturated rings. The van der Waals surface area contributed by atoms with Gasteiger partial charge in [-0.1, -0.05) is 42.3 Å². The number of aromatic hydroxyl groups is 1. The standard InChI is InChI=1S/C16H17Cl2NO/c1-2-15(11-3-5-13(17)6-4-11)19-10-12-9-14(18)7-8-16(12)20/h3-9,15,19-20H,2,10H2,1H3. The molecule has 2 nitrogen and oxygen atoms in total. The van der Waals surface area contributed by atoms with Crippen LogP contribution in [0.4, 0.5) is 0 Å². The second-order valence-corrected chi connectivity index (χ2v) is 5.54. The van der Waals surface area contributed by atoms with E-state index in [0.29, 0.717) is 11.6 Å². The van der Waals surface area contributed by atoms with E-state index < -0.39 is 0 Å². The maximum Gasteiger partial charge on any atom is 0.120 e. The highest BCUT2D eigenvalue weighted by Crippen LogP contribution is 2.24. The van der Waals surface area contributed by atoms with Gasteiger partial charge in [0.25, 0.3) is 0 Å². The predicted molar refractivity (Wildman–Crippen MR) is 84.4 cm³/mol. The first-order valence-electron chi connectivity index (χ1n) is 6.56. The first-order valence-corrected chi connectivity index (χ1v) is 7.32. The monoisotopic (exact) mass is 309 g/mol. The number of phenolic OH excluding ortho intramolecular Hbond substituents is 1. The van der Waals surface area contributed by atoms with Crippen molar-refractivity contribution in [3.8, 4) is 5.75 Å². The summed E-state index contributed by atoms with van der Waals surface area (Å²) in [6.07, 6.45) is 0.947. The van der Waals surface area contributed by atoms with E-state index in [-0.39, 0.29) is 11.8 Å². The van der Waals surface area contributed by atoms with Gasteiger partial charge in [0.15, 0.2) is 0 Å². The topological polar surface area (TPSA) is 32.3 Å². The number of nitrogens with one attached hydrogen (secondary N) is 1. The van der Waals surface area contributed by atoms with Crippen LogP contribution in [0.15, 0.2) is 42.5 Å². The molecule has 0 spiro atoms. The third-order valence-corrected chi connectivity index (χ3v) is 3.75. The Balaban J connectivity index is 2.07. The molecule has 0 heterocycles. The fourth-order valence-corrected chi connectivity index (χ4v) is 2.44. The van der Waals surface area contributed by atoms with Crippen molar-refractivity contribution in [2.24, 2.45) is 0 Å². The van der Waals surface area contributed by atoms with Gasteiger partial charge in [0.2, 0.25) is 0 Å². The molecule has 2 N–H and O–H groups in total. The Morgan fingerprint density at radius 1 is 1.05 bits per heavy atom. The van der Waals surface area contributed by atoms with Crippen LogP contribution in [0.25, 0.3) is 0 Å². The highest BCUT2D eigenvalue weighted by molar-refractivity contribution is 6.30. The molecule has 20 heavy (non-hydrogen) atoms. The Morgan fingerprint density at radius 3 is 2.35 bits per heavy atom. The summed E-state index contributed by atoms with van der Waals surface area (Å²) in [4.78, 5) is 0. The van der Waals surface area contributed by atoms with Gasteiger partial charge >= 0.3 is 0 Å². The summed E-state index contributed by atoms with van der Waals surface area (Å²) in [6, 6.07) is 13.1. The summed E-state index contributed by atoms with van der Waals surface area (Å²) in [5, 5.41) is 14.6. The molecule has 0 bridgehead atoms. The quantitative estimate of drug-likeness (QED) is 0.820. The van der Waals surface area contributed by atoms with Gasteiger partial charge in [-0.05, 0) is 42.3 Å². The Hall–Kier alpha value is -1.22. The summed E-state index contributed by atoms with van der Waals surface area (Å²) in [5.74, 6) is 0.257. The lowest BCUT2D eigenvalue weighted by Gasteiger charge is -2.18. The Morgan fingerprint density at radius 2 is 1.70 bits per heavy atom. The van der Waals surface area contributed by atoms with E-state index in [0.717, 1.165) is 17.0 Å². The fraction of sp³-hybridized carbons (Fsp3) is 0.250. The average molecular weight is 310 g/mol. The van der Waals surface area contributed by atoms with Crippen LogP contribution in [0.1, 0.15) is 30.5 Å². The van der Waals surface area contributed by atoms with Crippen LogP contribution in [0.5, 0.6) is 5.75 Å². The molecule has 0 aliphatic heterocycles. The molecule has 106 valence electrons. The molecule has 1 atom stereocenters. The Bertz CT molecular complexity index is 569. The first kappa shape index (κ1) is 15.2. The predicted octanol–water partition coefficient (Wildman–Crippen LogP) is 4.94. The van der Waals surface area contributed by atoms with E-state index in [4.69, 9.17) is 23.2 Å². The minimum absolute atomic E-state index is 0.214. The van der Waals surface area contributed by atoms with E-state index in [1.54, 1.807) is 18.2 Å². The third kappa shape index (κ3) is 3.89. The zero-order chi connectivity index (χ0) is 14.5. The molecule has 2 rings (SSSR count). The van der Waals surface area contributed by atoms with Crippen LogP contribution in [0.2, 0.25) is 10.0 Å². The number of halogens is 2. The van der Waals surface area contributed by atoms with E-state index in [9.17, 15) is 5.11 Å². The minimum Gasteiger partial charge on any atom is -0.508 e. The van der Waals surface area contributed by atoms with E-state index >= 15 is 0 Å². The van der Waals surface area contributed by atoms with Gasteiger partial charge in [-0.25, -0.2) is 0 Å². The molecule has 0 aromatic heterocycles. The smallest absolute Gasteiger partial charge is 0.120 e. The van der Waals surface area contributed by atoms with Crippen molar-refractivity contribution in [1.29, 1.82) is 0 Å². The first-order chi connectivity index (χ1) is 9.60. The van der Waals surface area contributed by atoms with Crippen molar-refractivity contribution in [1.82, 2.24) is 5.32 Å². The van der Waals surface area contributed by atoms with Crippen LogP contribution in [-0.2, 0) is 6.54 Å². The largest absolute Gasteiger partial charge is 0.508 e. The molecule has 2 aromatic rings. The second-order valence-electron chi connectivity index (χ2n) is 4.67. The molecule has 0 amide bonds. The van der Waals surface area contributed by atoms with Gasteiger partial charge in [-0.2, -0.15) is 0 Å².